The standard InChI is InChI=1S/C29H27F2N7OS/c1-39-20-16-24-27(33-17-20)25(10-11-32-24)40-21-8-6-19(7-9-21)34-28-22-4-2-3-5-23(22)29(36-35-28)38-14-12-37(13-15-38)18-26(30)31/h2-11,16-17,26H,12-15,18H2,1H3,(H,34,35). The van der Waals surface area contributed by atoms with E-state index in [1.165, 1.54) is 0 Å². The van der Waals surface area contributed by atoms with Gasteiger partial charge < -0.3 is 15.0 Å². The van der Waals surface area contributed by atoms with Gasteiger partial charge in [-0.05, 0) is 30.3 Å². The topological polar surface area (TPSA) is 79.3 Å². The first-order chi connectivity index (χ1) is 19.6. The summed E-state index contributed by atoms with van der Waals surface area (Å²) in [4.78, 5) is 14.9. The van der Waals surface area contributed by atoms with E-state index in [-0.39, 0.29) is 6.54 Å². The van der Waals surface area contributed by atoms with E-state index in [2.05, 4.69) is 30.4 Å². The molecule has 0 saturated carbocycles. The van der Waals surface area contributed by atoms with Crippen molar-refractivity contribution in [1.29, 1.82) is 0 Å². The number of benzene rings is 2. The monoisotopic (exact) mass is 559 g/mol. The van der Waals surface area contributed by atoms with Crippen LogP contribution in [0, 0.1) is 0 Å². The van der Waals surface area contributed by atoms with E-state index in [0.717, 1.165) is 43.1 Å². The molecule has 1 aliphatic rings. The molecule has 204 valence electrons. The minimum Gasteiger partial charge on any atom is -0.495 e. The first kappa shape index (κ1) is 26.1. The van der Waals surface area contributed by atoms with Gasteiger partial charge in [-0.2, -0.15) is 0 Å². The Balaban J connectivity index is 1.18. The van der Waals surface area contributed by atoms with E-state index >= 15 is 0 Å². The molecule has 1 N–H and O–H groups in total. The van der Waals surface area contributed by atoms with Gasteiger partial charge >= 0.3 is 0 Å². The lowest BCUT2D eigenvalue weighted by Gasteiger charge is -2.35. The summed E-state index contributed by atoms with van der Waals surface area (Å²) in [6.07, 6.45) is 1.16. The summed E-state index contributed by atoms with van der Waals surface area (Å²) in [5.74, 6) is 2.11. The average molecular weight is 560 g/mol. The summed E-state index contributed by atoms with van der Waals surface area (Å²) >= 11 is 1.62. The summed E-state index contributed by atoms with van der Waals surface area (Å²) in [5.41, 5.74) is 2.50. The fraction of sp³-hybridized carbons (Fsp3) is 0.241. The fourth-order valence-electron chi connectivity index (χ4n) is 4.80. The minimum absolute atomic E-state index is 0.189. The highest BCUT2D eigenvalue weighted by Gasteiger charge is 2.23. The number of aromatic nitrogens is 4. The zero-order chi connectivity index (χ0) is 27.5. The lowest BCUT2D eigenvalue weighted by atomic mass is 10.1. The summed E-state index contributed by atoms with van der Waals surface area (Å²) in [7, 11) is 1.61. The van der Waals surface area contributed by atoms with Crippen LogP contribution in [0.1, 0.15) is 0 Å². The Bertz CT molecular complexity index is 1630. The van der Waals surface area contributed by atoms with Crippen LogP contribution in [0.25, 0.3) is 21.8 Å². The van der Waals surface area contributed by atoms with Gasteiger partial charge in [-0.15, -0.1) is 10.2 Å². The Hall–Kier alpha value is -4.09. The van der Waals surface area contributed by atoms with E-state index in [0.29, 0.717) is 37.7 Å². The van der Waals surface area contributed by atoms with Crippen LogP contribution >= 0.6 is 11.8 Å². The lowest BCUT2D eigenvalue weighted by molar-refractivity contribution is 0.0854. The van der Waals surface area contributed by atoms with Gasteiger partial charge in [0.15, 0.2) is 11.6 Å². The molecule has 0 amide bonds. The molecular formula is C29H27F2N7OS. The van der Waals surface area contributed by atoms with Crippen molar-refractivity contribution in [2.45, 2.75) is 16.2 Å². The lowest BCUT2D eigenvalue weighted by Crippen LogP contribution is -2.48. The molecule has 6 rings (SSSR count). The van der Waals surface area contributed by atoms with Gasteiger partial charge in [-0.25, -0.2) is 13.8 Å². The molecule has 4 heterocycles. The van der Waals surface area contributed by atoms with Crippen molar-refractivity contribution in [2.24, 2.45) is 0 Å². The largest absolute Gasteiger partial charge is 0.495 e. The Kier molecular flexibility index (Phi) is 7.56. The molecule has 0 atom stereocenters. The van der Waals surface area contributed by atoms with Crippen LogP contribution in [-0.2, 0) is 0 Å². The molecule has 3 aromatic heterocycles. The number of anilines is 3. The molecule has 0 bridgehead atoms. The first-order valence-corrected chi connectivity index (χ1v) is 13.7. The Morgan fingerprint density at radius 1 is 0.950 bits per heavy atom. The van der Waals surface area contributed by atoms with Gasteiger partial charge in [-0.1, -0.05) is 36.0 Å². The molecule has 2 aromatic carbocycles. The smallest absolute Gasteiger partial charge is 0.251 e. The van der Waals surface area contributed by atoms with Gasteiger partial charge in [0.05, 0.1) is 25.4 Å². The van der Waals surface area contributed by atoms with Crippen molar-refractivity contribution in [3.05, 3.63) is 73.1 Å². The molecule has 1 saturated heterocycles. The second kappa shape index (κ2) is 11.6. The van der Waals surface area contributed by atoms with Crippen molar-refractivity contribution in [3.8, 4) is 5.75 Å². The molecule has 8 nitrogen and oxygen atoms in total. The molecule has 1 fully saturated rings. The van der Waals surface area contributed by atoms with Crippen LogP contribution in [0.5, 0.6) is 5.75 Å². The van der Waals surface area contributed by atoms with Crippen molar-refractivity contribution in [1.82, 2.24) is 25.1 Å². The van der Waals surface area contributed by atoms with Crippen LogP contribution in [-0.4, -0.2) is 71.3 Å². The highest BCUT2D eigenvalue weighted by molar-refractivity contribution is 7.99. The number of rotatable bonds is 8. The quantitative estimate of drug-likeness (QED) is 0.251. The SMILES string of the molecule is COc1cnc2c(Sc3ccc(Nc4nnc(N5CCN(CC(F)F)CC5)c5ccccc45)cc3)ccnc2c1. The fourth-order valence-corrected chi connectivity index (χ4v) is 5.71. The third-order valence-electron chi connectivity index (χ3n) is 6.83. The first-order valence-electron chi connectivity index (χ1n) is 12.9. The predicted molar refractivity (Wildman–Crippen MR) is 154 cm³/mol. The maximum absolute atomic E-state index is 12.8. The zero-order valence-corrected chi connectivity index (χ0v) is 22.6. The van der Waals surface area contributed by atoms with E-state index in [4.69, 9.17) is 4.74 Å². The number of ether oxygens (including phenoxy) is 1. The predicted octanol–water partition coefficient (Wildman–Crippen LogP) is 5.86. The van der Waals surface area contributed by atoms with Gasteiger partial charge in [-0.3, -0.25) is 9.88 Å². The maximum Gasteiger partial charge on any atom is 0.251 e. The molecule has 5 aromatic rings. The van der Waals surface area contributed by atoms with Crippen LogP contribution in [0.4, 0.5) is 26.1 Å². The highest BCUT2D eigenvalue weighted by Crippen LogP contribution is 2.34. The van der Waals surface area contributed by atoms with Crippen molar-refractivity contribution < 1.29 is 13.5 Å². The van der Waals surface area contributed by atoms with Gasteiger partial charge in [0.1, 0.15) is 11.3 Å². The number of nitrogens with zero attached hydrogens (tertiary/aromatic N) is 6. The molecule has 0 aliphatic carbocycles. The number of fused-ring (bicyclic) bond motifs is 2. The van der Waals surface area contributed by atoms with Gasteiger partial charge in [0.2, 0.25) is 0 Å². The number of methoxy groups -OCH3 is 1. The van der Waals surface area contributed by atoms with Crippen LogP contribution in [0.15, 0.2) is 82.8 Å². The molecule has 0 spiro atoms. The van der Waals surface area contributed by atoms with E-state index in [1.807, 2.05) is 60.7 Å². The van der Waals surface area contributed by atoms with Crippen LogP contribution < -0.4 is 15.0 Å². The molecule has 11 heteroatoms. The Labute approximate surface area is 234 Å². The van der Waals surface area contributed by atoms with E-state index in [9.17, 15) is 8.78 Å². The third-order valence-corrected chi connectivity index (χ3v) is 7.89. The number of nitrogens with one attached hydrogen (secondary N) is 1. The minimum atomic E-state index is -2.32. The molecule has 0 unspecified atom stereocenters. The number of piperazine rings is 1. The highest BCUT2D eigenvalue weighted by atomic mass is 32.2. The van der Waals surface area contributed by atoms with E-state index < -0.39 is 6.43 Å². The number of pyridine rings is 2. The summed E-state index contributed by atoms with van der Waals surface area (Å²) in [5, 5.41) is 14.4. The van der Waals surface area contributed by atoms with Crippen molar-refractivity contribution >= 4 is 50.9 Å². The molecular weight excluding hydrogens is 532 g/mol. The number of alkyl halides is 2. The second-order valence-corrected chi connectivity index (χ2v) is 10.5. The molecule has 40 heavy (non-hydrogen) atoms. The number of hydrogen-bond donors (Lipinski definition) is 1. The summed E-state index contributed by atoms with van der Waals surface area (Å²) in [6.45, 7) is 2.22. The van der Waals surface area contributed by atoms with Gasteiger partial charge in [0, 0.05) is 64.7 Å². The van der Waals surface area contributed by atoms with E-state index in [1.54, 1.807) is 36.2 Å². The third kappa shape index (κ3) is 5.61. The second-order valence-electron chi connectivity index (χ2n) is 9.40. The van der Waals surface area contributed by atoms with Crippen molar-refractivity contribution in [2.75, 3.05) is 50.1 Å². The summed E-state index contributed by atoms with van der Waals surface area (Å²) in [6, 6.07) is 19.9. The maximum atomic E-state index is 12.8. The normalized spacial score (nSPS) is 14.2. The number of hydrogen-bond acceptors (Lipinski definition) is 9. The van der Waals surface area contributed by atoms with Crippen LogP contribution in [0.2, 0.25) is 0 Å². The summed E-state index contributed by atoms with van der Waals surface area (Å²) < 4.78 is 30.8. The Morgan fingerprint density at radius 3 is 2.48 bits per heavy atom. The number of halogens is 2. The van der Waals surface area contributed by atoms with Crippen LogP contribution in [0.3, 0.4) is 0 Å². The molecule has 0 radical (unpaired) electrons. The zero-order valence-electron chi connectivity index (χ0n) is 21.8. The van der Waals surface area contributed by atoms with Gasteiger partial charge in [0.25, 0.3) is 6.43 Å². The van der Waals surface area contributed by atoms with Crippen molar-refractivity contribution in [3.63, 3.8) is 0 Å². The Morgan fingerprint density at radius 2 is 1.73 bits per heavy atom. The molecule has 1 aliphatic heterocycles. The average Bonchev–Trinajstić information content (AvgIpc) is 2.98.